The SMILES string of the molecule is O=C1/C(=C/c2ccco2)C(C(F)(F)F)=NN1c1ccccc1. The van der Waals surface area contributed by atoms with Crippen LogP contribution in [0.1, 0.15) is 5.76 Å². The van der Waals surface area contributed by atoms with Crippen LogP contribution in [0, 0.1) is 0 Å². The third-order valence-corrected chi connectivity index (χ3v) is 2.98. The molecule has 1 aliphatic heterocycles. The Hall–Kier alpha value is -2.83. The van der Waals surface area contributed by atoms with E-state index in [0.29, 0.717) is 0 Å². The molecule has 112 valence electrons. The van der Waals surface area contributed by atoms with E-state index in [4.69, 9.17) is 4.42 Å². The van der Waals surface area contributed by atoms with Gasteiger partial charge in [-0.15, -0.1) is 0 Å². The van der Waals surface area contributed by atoms with Crippen molar-refractivity contribution in [3.05, 3.63) is 60.1 Å². The van der Waals surface area contributed by atoms with Gasteiger partial charge in [0, 0.05) is 0 Å². The van der Waals surface area contributed by atoms with Gasteiger partial charge in [0.05, 0.1) is 17.5 Å². The lowest BCUT2D eigenvalue weighted by Gasteiger charge is -2.10. The average Bonchev–Trinajstić information content (AvgIpc) is 3.09. The van der Waals surface area contributed by atoms with Crippen LogP contribution in [0.25, 0.3) is 6.08 Å². The molecule has 1 amide bonds. The van der Waals surface area contributed by atoms with E-state index >= 15 is 0 Å². The van der Waals surface area contributed by atoms with Crippen LogP contribution in [-0.4, -0.2) is 17.8 Å². The molecule has 4 nitrogen and oxygen atoms in total. The molecule has 1 aliphatic rings. The summed E-state index contributed by atoms with van der Waals surface area (Å²) in [5.41, 5.74) is -1.53. The number of hydrogen-bond acceptors (Lipinski definition) is 3. The molecule has 7 heteroatoms. The molecule has 0 unspecified atom stereocenters. The zero-order chi connectivity index (χ0) is 15.7. The first-order valence-corrected chi connectivity index (χ1v) is 6.28. The van der Waals surface area contributed by atoms with Crippen molar-refractivity contribution in [1.29, 1.82) is 0 Å². The number of rotatable bonds is 2. The maximum Gasteiger partial charge on any atom is 0.435 e. The molecule has 0 bridgehead atoms. The van der Waals surface area contributed by atoms with Crippen molar-refractivity contribution in [1.82, 2.24) is 0 Å². The average molecular weight is 306 g/mol. The number of amides is 1. The molecule has 1 aromatic heterocycles. The number of hydrogen-bond donors (Lipinski definition) is 0. The molecular formula is C15H9F3N2O2. The minimum absolute atomic E-state index is 0.148. The highest BCUT2D eigenvalue weighted by molar-refractivity contribution is 6.34. The fraction of sp³-hybridized carbons (Fsp3) is 0.0667. The van der Waals surface area contributed by atoms with Crippen molar-refractivity contribution >= 4 is 23.4 Å². The summed E-state index contributed by atoms with van der Waals surface area (Å²) < 4.78 is 44.3. The topological polar surface area (TPSA) is 45.8 Å². The van der Waals surface area contributed by atoms with Gasteiger partial charge >= 0.3 is 6.18 Å². The van der Waals surface area contributed by atoms with Crippen LogP contribution < -0.4 is 5.01 Å². The second kappa shape index (κ2) is 5.18. The highest BCUT2D eigenvalue weighted by atomic mass is 19.4. The maximum absolute atomic E-state index is 13.1. The summed E-state index contributed by atoms with van der Waals surface area (Å²) in [5.74, 6) is -0.704. The van der Waals surface area contributed by atoms with Crippen LogP contribution in [0.3, 0.4) is 0 Å². The van der Waals surface area contributed by atoms with Crippen LogP contribution >= 0.6 is 0 Å². The first-order valence-electron chi connectivity index (χ1n) is 6.28. The molecular weight excluding hydrogens is 297 g/mol. The van der Waals surface area contributed by atoms with Gasteiger partial charge in [0.15, 0.2) is 5.71 Å². The predicted octanol–water partition coefficient (Wildman–Crippen LogP) is 3.63. The van der Waals surface area contributed by atoms with E-state index in [-0.39, 0.29) is 11.4 Å². The Kier molecular flexibility index (Phi) is 3.32. The molecule has 0 fully saturated rings. The molecule has 0 atom stereocenters. The van der Waals surface area contributed by atoms with Crippen LogP contribution in [0.5, 0.6) is 0 Å². The Bertz CT molecular complexity index is 747. The van der Waals surface area contributed by atoms with Crippen molar-refractivity contribution in [2.45, 2.75) is 6.18 Å². The van der Waals surface area contributed by atoms with Gasteiger partial charge in [-0.25, -0.2) is 0 Å². The maximum atomic E-state index is 13.1. The molecule has 1 aromatic carbocycles. The van der Waals surface area contributed by atoms with Gasteiger partial charge in [0.2, 0.25) is 0 Å². The summed E-state index contributed by atoms with van der Waals surface area (Å²) in [6.07, 6.45) is -2.39. The number of carbonyl (C=O) groups excluding carboxylic acids is 1. The highest BCUT2D eigenvalue weighted by Gasteiger charge is 2.46. The number of para-hydroxylation sites is 1. The Morgan fingerprint density at radius 3 is 2.41 bits per heavy atom. The Morgan fingerprint density at radius 2 is 1.82 bits per heavy atom. The molecule has 0 saturated heterocycles. The van der Waals surface area contributed by atoms with E-state index in [1.54, 1.807) is 18.2 Å². The van der Waals surface area contributed by atoms with E-state index in [2.05, 4.69) is 5.10 Å². The summed E-state index contributed by atoms with van der Waals surface area (Å²) in [5, 5.41) is 4.17. The summed E-state index contributed by atoms with van der Waals surface area (Å²) in [6, 6.07) is 10.9. The van der Waals surface area contributed by atoms with Crippen LogP contribution in [0.15, 0.2) is 63.8 Å². The monoisotopic (exact) mass is 306 g/mol. The van der Waals surface area contributed by atoms with Crippen molar-refractivity contribution in [3.63, 3.8) is 0 Å². The quantitative estimate of drug-likeness (QED) is 0.795. The first-order chi connectivity index (χ1) is 10.5. The second-order valence-corrected chi connectivity index (χ2v) is 4.47. The largest absolute Gasteiger partial charge is 0.465 e. The zero-order valence-electron chi connectivity index (χ0n) is 11.0. The molecule has 2 heterocycles. The fourth-order valence-corrected chi connectivity index (χ4v) is 2.01. The van der Waals surface area contributed by atoms with E-state index in [0.717, 1.165) is 11.1 Å². The summed E-state index contributed by atoms with van der Waals surface area (Å²) in [6.45, 7) is 0. The van der Waals surface area contributed by atoms with E-state index in [1.165, 1.54) is 30.5 Å². The van der Waals surface area contributed by atoms with Gasteiger partial charge in [-0.05, 0) is 30.3 Å². The van der Waals surface area contributed by atoms with Gasteiger partial charge in [-0.2, -0.15) is 23.3 Å². The van der Waals surface area contributed by atoms with Crippen molar-refractivity contribution in [2.75, 3.05) is 5.01 Å². The fourth-order valence-electron chi connectivity index (χ4n) is 2.01. The summed E-state index contributed by atoms with van der Waals surface area (Å²) in [7, 11) is 0. The molecule has 22 heavy (non-hydrogen) atoms. The number of nitrogens with zero attached hydrogens (tertiary/aromatic N) is 2. The standard InChI is InChI=1S/C15H9F3N2O2/c16-15(17,18)13-12(9-11-7-4-8-22-11)14(21)20(19-13)10-5-2-1-3-6-10/h1-9H/b12-9+. The van der Waals surface area contributed by atoms with E-state index < -0.39 is 23.4 Å². The van der Waals surface area contributed by atoms with Crippen LogP contribution in [0.4, 0.5) is 18.9 Å². The molecule has 0 saturated carbocycles. The Morgan fingerprint density at radius 1 is 1.09 bits per heavy atom. The lowest BCUT2D eigenvalue weighted by atomic mass is 10.1. The minimum Gasteiger partial charge on any atom is -0.465 e. The number of benzene rings is 1. The molecule has 2 aromatic rings. The van der Waals surface area contributed by atoms with Gasteiger partial charge in [0.1, 0.15) is 5.76 Å². The lowest BCUT2D eigenvalue weighted by Crippen LogP contribution is -2.25. The van der Waals surface area contributed by atoms with Gasteiger partial charge in [-0.1, -0.05) is 18.2 Å². The lowest BCUT2D eigenvalue weighted by molar-refractivity contribution is -0.114. The smallest absolute Gasteiger partial charge is 0.435 e. The van der Waals surface area contributed by atoms with Crippen molar-refractivity contribution in [3.8, 4) is 0 Å². The normalized spacial score (nSPS) is 17.2. The zero-order valence-corrected chi connectivity index (χ0v) is 11.0. The number of furan rings is 1. The van der Waals surface area contributed by atoms with Crippen molar-refractivity contribution < 1.29 is 22.4 Å². The second-order valence-electron chi connectivity index (χ2n) is 4.47. The first kappa shape index (κ1) is 14.1. The number of anilines is 1. The third-order valence-electron chi connectivity index (χ3n) is 2.98. The summed E-state index contributed by atoms with van der Waals surface area (Å²) >= 11 is 0. The number of hydrazone groups is 1. The Labute approximate surface area is 123 Å². The number of halogens is 3. The predicted molar refractivity (Wildman–Crippen MR) is 74.1 cm³/mol. The molecule has 0 N–H and O–H groups in total. The molecule has 0 aliphatic carbocycles. The van der Waals surface area contributed by atoms with Gasteiger partial charge < -0.3 is 4.42 Å². The third kappa shape index (κ3) is 2.52. The minimum atomic E-state index is -4.74. The van der Waals surface area contributed by atoms with Crippen LogP contribution in [0.2, 0.25) is 0 Å². The van der Waals surface area contributed by atoms with Crippen molar-refractivity contribution in [2.24, 2.45) is 5.10 Å². The summed E-state index contributed by atoms with van der Waals surface area (Å²) in [4.78, 5) is 12.3. The molecule has 0 spiro atoms. The number of alkyl halides is 3. The van der Waals surface area contributed by atoms with Gasteiger partial charge in [0.25, 0.3) is 5.91 Å². The van der Waals surface area contributed by atoms with E-state index in [1.807, 2.05) is 0 Å². The molecule has 0 radical (unpaired) electrons. The highest BCUT2D eigenvalue weighted by Crippen LogP contribution is 2.32. The Balaban J connectivity index is 2.07. The van der Waals surface area contributed by atoms with E-state index in [9.17, 15) is 18.0 Å². The van der Waals surface area contributed by atoms with Crippen LogP contribution in [-0.2, 0) is 4.79 Å². The molecule has 3 rings (SSSR count). The number of carbonyl (C=O) groups is 1. The van der Waals surface area contributed by atoms with Gasteiger partial charge in [-0.3, -0.25) is 4.79 Å².